The molecular formula is C10H11BrN2S2. The van der Waals surface area contributed by atoms with E-state index in [0.717, 1.165) is 15.2 Å². The van der Waals surface area contributed by atoms with Crippen molar-refractivity contribution in [2.75, 3.05) is 7.05 Å². The molecule has 0 fully saturated rings. The molecular weight excluding hydrogens is 292 g/mol. The fourth-order valence-electron chi connectivity index (χ4n) is 1.37. The predicted octanol–water partition coefficient (Wildman–Crippen LogP) is 3.58. The van der Waals surface area contributed by atoms with Gasteiger partial charge in [0.2, 0.25) is 0 Å². The maximum Gasteiger partial charge on any atom is 0.115 e. The van der Waals surface area contributed by atoms with E-state index in [1.54, 1.807) is 22.7 Å². The van der Waals surface area contributed by atoms with Crippen LogP contribution in [0.4, 0.5) is 0 Å². The number of aryl methyl sites for hydroxylation is 1. The molecule has 15 heavy (non-hydrogen) atoms. The molecule has 2 aromatic heterocycles. The molecule has 2 aromatic rings. The lowest BCUT2D eigenvalue weighted by Gasteiger charge is -2.10. The van der Waals surface area contributed by atoms with E-state index in [9.17, 15) is 0 Å². The number of rotatable bonds is 3. The van der Waals surface area contributed by atoms with E-state index in [0.29, 0.717) is 0 Å². The minimum Gasteiger partial charge on any atom is -0.307 e. The molecule has 2 heterocycles. The van der Waals surface area contributed by atoms with E-state index in [4.69, 9.17) is 0 Å². The van der Waals surface area contributed by atoms with Crippen LogP contribution in [0.25, 0.3) is 0 Å². The average molecular weight is 303 g/mol. The van der Waals surface area contributed by atoms with Crippen LogP contribution in [0.3, 0.4) is 0 Å². The Morgan fingerprint density at radius 3 is 2.67 bits per heavy atom. The number of hydrogen-bond acceptors (Lipinski definition) is 4. The van der Waals surface area contributed by atoms with Gasteiger partial charge in [-0.2, -0.15) is 0 Å². The van der Waals surface area contributed by atoms with Crippen LogP contribution in [0.15, 0.2) is 21.3 Å². The first kappa shape index (κ1) is 11.3. The third-order valence-electron chi connectivity index (χ3n) is 2.04. The summed E-state index contributed by atoms with van der Waals surface area (Å²) >= 11 is 6.92. The number of nitrogens with one attached hydrogen (secondary N) is 1. The summed E-state index contributed by atoms with van der Waals surface area (Å²) < 4.78 is 1.14. The summed E-state index contributed by atoms with van der Waals surface area (Å²) in [5.41, 5.74) is 1.09. The van der Waals surface area contributed by atoms with Crippen molar-refractivity contribution in [3.63, 3.8) is 0 Å². The number of halogens is 1. The summed E-state index contributed by atoms with van der Waals surface area (Å²) in [4.78, 5) is 5.81. The molecule has 1 atom stereocenters. The van der Waals surface area contributed by atoms with Gasteiger partial charge in [-0.3, -0.25) is 0 Å². The van der Waals surface area contributed by atoms with Crippen LogP contribution in [0, 0.1) is 6.92 Å². The Morgan fingerprint density at radius 1 is 1.40 bits per heavy atom. The van der Waals surface area contributed by atoms with Crippen LogP contribution in [-0.4, -0.2) is 12.0 Å². The Labute approximate surface area is 106 Å². The highest BCUT2D eigenvalue weighted by atomic mass is 79.9. The highest BCUT2D eigenvalue weighted by Crippen LogP contribution is 2.31. The molecule has 1 unspecified atom stereocenters. The molecule has 0 aliphatic carbocycles. The normalized spacial score (nSPS) is 13.0. The van der Waals surface area contributed by atoms with Gasteiger partial charge >= 0.3 is 0 Å². The number of thiazole rings is 1. The molecule has 0 saturated carbocycles. The van der Waals surface area contributed by atoms with E-state index >= 15 is 0 Å². The minimum atomic E-state index is 0.222. The summed E-state index contributed by atoms with van der Waals surface area (Å²) in [5.74, 6) is 0. The standard InChI is InChI=1S/C10H11BrN2S2/c1-6-4-15-10(13-6)9(12-2)8-3-7(11)5-14-8/h3-5,9,12H,1-2H3. The Morgan fingerprint density at radius 2 is 2.20 bits per heavy atom. The molecule has 0 aromatic carbocycles. The zero-order valence-corrected chi connectivity index (χ0v) is 11.7. The zero-order chi connectivity index (χ0) is 10.8. The quantitative estimate of drug-likeness (QED) is 0.937. The fraction of sp³-hybridized carbons (Fsp3) is 0.300. The van der Waals surface area contributed by atoms with Crippen LogP contribution in [0.5, 0.6) is 0 Å². The van der Waals surface area contributed by atoms with Crippen molar-refractivity contribution in [2.45, 2.75) is 13.0 Å². The van der Waals surface area contributed by atoms with Crippen molar-refractivity contribution < 1.29 is 0 Å². The second-order valence-corrected chi connectivity index (χ2v) is 5.96. The smallest absolute Gasteiger partial charge is 0.115 e. The summed E-state index contributed by atoms with van der Waals surface area (Å²) in [5, 5.41) is 8.61. The van der Waals surface area contributed by atoms with Crippen LogP contribution < -0.4 is 5.32 Å². The van der Waals surface area contributed by atoms with Gasteiger partial charge in [0.25, 0.3) is 0 Å². The molecule has 0 radical (unpaired) electrons. The van der Waals surface area contributed by atoms with Crippen LogP contribution >= 0.6 is 38.6 Å². The first-order valence-corrected chi connectivity index (χ1v) is 7.09. The topological polar surface area (TPSA) is 24.9 Å². The van der Waals surface area contributed by atoms with E-state index in [1.807, 2.05) is 14.0 Å². The van der Waals surface area contributed by atoms with Crippen LogP contribution in [0.2, 0.25) is 0 Å². The molecule has 0 aliphatic rings. The van der Waals surface area contributed by atoms with Crippen molar-refractivity contribution in [1.29, 1.82) is 0 Å². The van der Waals surface area contributed by atoms with Crippen molar-refractivity contribution in [2.24, 2.45) is 0 Å². The van der Waals surface area contributed by atoms with Gasteiger partial charge in [-0.05, 0) is 36.0 Å². The SMILES string of the molecule is CNC(c1cc(Br)cs1)c1nc(C)cs1. The van der Waals surface area contributed by atoms with Gasteiger partial charge in [-0.15, -0.1) is 22.7 Å². The largest absolute Gasteiger partial charge is 0.307 e. The summed E-state index contributed by atoms with van der Waals surface area (Å²) in [6.45, 7) is 2.02. The Balaban J connectivity index is 2.32. The van der Waals surface area contributed by atoms with Gasteiger partial charge in [0.05, 0.1) is 6.04 Å². The fourth-order valence-corrected chi connectivity index (χ4v) is 3.92. The molecule has 5 heteroatoms. The van der Waals surface area contributed by atoms with E-state index < -0.39 is 0 Å². The second kappa shape index (κ2) is 4.74. The summed E-state index contributed by atoms with van der Waals surface area (Å²) in [6.07, 6.45) is 0. The Hall–Kier alpha value is -0.230. The minimum absolute atomic E-state index is 0.222. The lowest BCUT2D eigenvalue weighted by atomic mass is 10.2. The number of aromatic nitrogens is 1. The Kier molecular flexibility index (Phi) is 3.56. The zero-order valence-electron chi connectivity index (χ0n) is 8.45. The van der Waals surface area contributed by atoms with Crippen LogP contribution in [-0.2, 0) is 0 Å². The van der Waals surface area contributed by atoms with Gasteiger partial charge in [0.1, 0.15) is 5.01 Å². The number of hydrogen-bond donors (Lipinski definition) is 1. The molecule has 0 spiro atoms. The van der Waals surface area contributed by atoms with E-state index in [-0.39, 0.29) is 6.04 Å². The van der Waals surface area contributed by atoms with Gasteiger partial charge < -0.3 is 5.32 Å². The average Bonchev–Trinajstić information content (AvgIpc) is 2.78. The molecule has 0 aliphatic heterocycles. The summed E-state index contributed by atoms with van der Waals surface area (Å²) in [7, 11) is 1.97. The van der Waals surface area contributed by atoms with Crippen molar-refractivity contribution in [3.8, 4) is 0 Å². The monoisotopic (exact) mass is 302 g/mol. The molecule has 0 saturated heterocycles. The lowest BCUT2D eigenvalue weighted by molar-refractivity contribution is 0.696. The second-order valence-electron chi connectivity index (χ2n) is 3.22. The molecule has 0 amide bonds. The maximum absolute atomic E-state index is 4.51. The van der Waals surface area contributed by atoms with E-state index in [2.05, 4.69) is 43.1 Å². The maximum atomic E-state index is 4.51. The van der Waals surface area contributed by atoms with E-state index in [1.165, 1.54) is 4.88 Å². The highest BCUT2D eigenvalue weighted by Gasteiger charge is 2.16. The molecule has 80 valence electrons. The third kappa shape index (κ3) is 2.47. The number of thiophene rings is 1. The Bertz CT molecular complexity index is 409. The van der Waals surface area contributed by atoms with Gasteiger partial charge in [0, 0.05) is 25.8 Å². The molecule has 2 rings (SSSR count). The van der Waals surface area contributed by atoms with Crippen LogP contribution in [0.1, 0.15) is 21.6 Å². The van der Waals surface area contributed by atoms with Gasteiger partial charge in [0.15, 0.2) is 0 Å². The highest BCUT2D eigenvalue weighted by molar-refractivity contribution is 9.10. The van der Waals surface area contributed by atoms with Gasteiger partial charge in [-0.25, -0.2) is 4.98 Å². The molecule has 2 nitrogen and oxygen atoms in total. The number of nitrogens with zero attached hydrogens (tertiary/aromatic N) is 1. The first-order valence-electron chi connectivity index (χ1n) is 4.54. The molecule has 1 N–H and O–H groups in total. The van der Waals surface area contributed by atoms with Crippen molar-refractivity contribution >= 4 is 38.6 Å². The first-order chi connectivity index (χ1) is 7.20. The summed E-state index contributed by atoms with van der Waals surface area (Å²) in [6, 6.07) is 2.36. The van der Waals surface area contributed by atoms with Gasteiger partial charge in [-0.1, -0.05) is 0 Å². The van der Waals surface area contributed by atoms with Crippen molar-refractivity contribution in [1.82, 2.24) is 10.3 Å². The predicted molar refractivity (Wildman–Crippen MR) is 69.8 cm³/mol. The van der Waals surface area contributed by atoms with Crippen molar-refractivity contribution in [3.05, 3.63) is 36.9 Å². The lowest BCUT2D eigenvalue weighted by Crippen LogP contribution is -2.16. The molecule has 0 bridgehead atoms. The third-order valence-corrected chi connectivity index (χ3v) is 4.83.